The van der Waals surface area contributed by atoms with Crippen LogP contribution in [0.4, 0.5) is 0 Å². The molecule has 0 saturated heterocycles. The lowest BCUT2D eigenvalue weighted by molar-refractivity contribution is 0.0947. The van der Waals surface area contributed by atoms with E-state index in [-0.39, 0.29) is 5.91 Å². The molecule has 0 radical (unpaired) electrons. The monoisotopic (exact) mass is 339 g/mol. The topological polar surface area (TPSA) is 38.3 Å². The van der Waals surface area contributed by atoms with Crippen LogP contribution in [0.3, 0.4) is 0 Å². The van der Waals surface area contributed by atoms with Gasteiger partial charge in [0.05, 0.1) is 18.7 Å². The quantitative estimate of drug-likeness (QED) is 0.898. The van der Waals surface area contributed by atoms with Crippen molar-refractivity contribution < 1.29 is 9.53 Å². The van der Waals surface area contributed by atoms with E-state index in [0.717, 1.165) is 9.35 Å². The van der Waals surface area contributed by atoms with Gasteiger partial charge in [0.2, 0.25) is 0 Å². The number of carbonyl (C=O) groups is 1. The number of nitrogens with one attached hydrogen (secondary N) is 1. The van der Waals surface area contributed by atoms with Gasteiger partial charge < -0.3 is 10.1 Å². The summed E-state index contributed by atoms with van der Waals surface area (Å²) >= 11 is 5.05. The highest BCUT2D eigenvalue weighted by Crippen LogP contribution is 2.23. The highest BCUT2D eigenvalue weighted by molar-refractivity contribution is 9.10. The van der Waals surface area contributed by atoms with E-state index < -0.39 is 0 Å². The molecular weight excluding hydrogens is 326 g/mol. The van der Waals surface area contributed by atoms with Crippen molar-refractivity contribution in [2.24, 2.45) is 0 Å². The minimum Gasteiger partial charge on any atom is -0.493 e. The van der Waals surface area contributed by atoms with Gasteiger partial charge in [-0.1, -0.05) is 12.1 Å². The van der Waals surface area contributed by atoms with Gasteiger partial charge >= 0.3 is 0 Å². The first kappa shape index (κ1) is 14.1. The molecule has 1 aromatic carbocycles. The van der Waals surface area contributed by atoms with Gasteiger partial charge in [-0.15, -0.1) is 11.3 Å². The highest BCUT2D eigenvalue weighted by Gasteiger charge is 2.12. The number of thiophene rings is 1. The van der Waals surface area contributed by atoms with Crippen LogP contribution in [0.15, 0.2) is 40.2 Å². The van der Waals surface area contributed by atoms with E-state index in [2.05, 4.69) is 21.2 Å². The van der Waals surface area contributed by atoms with Crippen LogP contribution in [-0.2, 0) is 6.54 Å². The summed E-state index contributed by atoms with van der Waals surface area (Å²) < 4.78 is 6.48. The summed E-state index contributed by atoms with van der Waals surface area (Å²) in [7, 11) is 0. The van der Waals surface area contributed by atoms with Crippen molar-refractivity contribution in [1.82, 2.24) is 5.32 Å². The van der Waals surface area contributed by atoms with Gasteiger partial charge in [-0.25, -0.2) is 0 Å². The van der Waals surface area contributed by atoms with Gasteiger partial charge in [0.25, 0.3) is 5.91 Å². The Kier molecular flexibility index (Phi) is 4.99. The fourth-order valence-corrected chi connectivity index (χ4v) is 3.07. The third-order valence-corrected chi connectivity index (χ3v) is 4.46. The van der Waals surface area contributed by atoms with Gasteiger partial charge in [0, 0.05) is 9.35 Å². The molecule has 0 atom stereocenters. The molecular formula is C14H14BrNO2S. The molecule has 0 aliphatic carbocycles. The molecule has 1 N–H and O–H groups in total. The summed E-state index contributed by atoms with van der Waals surface area (Å²) in [5.41, 5.74) is 0.567. The molecule has 0 spiro atoms. The summed E-state index contributed by atoms with van der Waals surface area (Å²) in [6.45, 7) is 2.95. The second-order valence-corrected chi connectivity index (χ2v) is 5.66. The Morgan fingerprint density at radius 2 is 2.16 bits per heavy atom. The molecule has 100 valence electrons. The largest absolute Gasteiger partial charge is 0.493 e. The fourth-order valence-electron chi connectivity index (χ4n) is 1.64. The van der Waals surface area contributed by atoms with Gasteiger partial charge in [0.1, 0.15) is 5.75 Å². The molecule has 3 nitrogen and oxygen atoms in total. The molecule has 0 aliphatic heterocycles. The molecule has 0 saturated carbocycles. The lowest BCUT2D eigenvalue weighted by Crippen LogP contribution is -2.23. The zero-order valence-electron chi connectivity index (χ0n) is 10.5. The number of hydrogen-bond acceptors (Lipinski definition) is 3. The van der Waals surface area contributed by atoms with Gasteiger partial charge in [-0.2, -0.15) is 0 Å². The third-order valence-electron chi connectivity index (χ3n) is 2.53. The van der Waals surface area contributed by atoms with Crippen molar-refractivity contribution in [2.45, 2.75) is 13.5 Å². The van der Waals surface area contributed by atoms with Crippen LogP contribution in [-0.4, -0.2) is 12.5 Å². The molecule has 0 fully saturated rings. The number of hydrogen-bond donors (Lipinski definition) is 1. The van der Waals surface area contributed by atoms with Crippen molar-refractivity contribution in [3.63, 3.8) is 0 Å². The minimum atomic E-state index is -0.121. The Labute approximate surface area is 124 Å². The third kappa shape index (κ3) is 3.58. The van der Waals surface area contributed by atoms with Crippen molar-refractivity contribution in [3.05, 3.63) is 50.6 Å². The molecule has 0 bridgehead atoms. The molecule has 19 heavy (non-hydrogen) atoms. The molecule has 1 aromatic heterocycles. The number of para-hydroxylation sites is 1. The minimum absolute atomic E-state index is 0.121. The lowest BCUT2D eigenvalue weighted by atomic mass is 10.2. The maximum Gasteiger partial charge on any atom is 0.255 e. The SMILES string of the molecule is CCOc1ccccc1C(=O)NCc1sccc1Br. The number of benzene rings is 1. The Hall–Kier alpha value is -1.33. The van der Waals surface area contributed by atoms with E-state index >= 15 is 0 Å². The van der Waals surface area contributed by atoms with E-state index in [4.69, 9.17) is 4.74 Å². The summed E-state index contributed by atoms with van der Waals surface area (Å²) in [6, 6.07) is 9.24. The Balaban J connectivity index is 2.06. The molecule has 2 aromatic rings. The maximum atomic E-state index is 12.1. The molecule has 0 aliphatic rings. The van der Waals surface area contributed by atoms with Crippen LogP contribution in [0.2, 0.25) is 0 Å². The molecule has 5 heteroatoms. The Morgan fingerprint density at radius 3 is 2.84 bits per heavy atom. The summed E-state index contributed by atoms with van der Waals surface area (Å²) in [5.74, 6) is 0.497. The number of rotatable bonds is 5. The predicted molar refractivity (Wildman–Crippen MR) is 80.8 cm³/mol. The van der Waals surface area contributed by atoms with E-state index in [1.54, 1.807) is 23.5 Å². The predicted octanol–water partition coefficient (Wildman–Crippen LogP) is 3.84. The number of carbonyl (C=O) groups excluding carboxylic acids is 1. The normalized spacial score (nSPS) is 10.2. The number of ether oxygens (including phenoxy) is 1. The lowest BCUT2D eigenvalue weighted by Gasteiger charge is -2.10. The zero-order valence-corrected chi connectivity index (χ0v) is 12.9. The van der Waals surface area contributed by atoms with Crippen LogP contribution >= 0.6 is 27.3 Å². The van der Waals surface area contributed by atoms with E-state index in [1.807, 2.05) is 30.5 Å². The zero-order chi connectivity index (χ0) is 13.7. The molecule has 2 rings (SSSR count). The second-order valence-electron chi connectivity index (χ2n) is 3.80. The van der Waals surface area contributed by atoms with Crippen molar-refractivity contribution in [1.29, 1.82) is 0 Å². The first-order valence-corrected chi connectivity index (χ1v) is 7.61. The molecule has 1 amide bonds. The van der Waals surface area contributed by atoms with Crippen LogP contribution in [0, 0.1) is 0 Å². The van der Waals surface area contributed by atoms with Gasteiger partial charge in [-0.05, 0) is 46.4 Å². The van der Waals surface area contributed by atoms with Crippen molar-refractivity contribution >= 4 is 33.2 Å². The van der Waals surface area contributed by atoms with Crippen LogP contribution in [0.1, 0.15) is 22.2 Å². The standard InChI is InChI=1S/C14H14BrNO2S/c1-2-18-12-6-4-3-5-10(12)14(17)16-9-13-11(15)7-8-19-13/h3-8H,2,9H2,1H3,(H,16,17). The van der Waals surface area contributed by atoms with Crippen molar-refractivity contribution in [2.75, 3.05) is 6.61 Å². The summed E-state index contributed by atoms with van der Waals surface area (Å²) in [4.78, 5) is 13.2. The van der Waals surface area contributed by atoms with E-state index in [9.17, 15) is 4.79 Å². The summed E-state index contributed by atoms with van der Waals surface area (Å²) in [6.07, 6.45) is 0. The van der Waals surface area contributed by atoms with E-state index in [1.165, 1.54) is 0 Å². The summed E-state index contributed by atoms with van der Waals surface area (Å²) in [5, 5.41) is 4.89. The van der Waals surface area contributed by atoms with Gasteiger partial charge in [0.15, 0.2) is 0 Å². The fraction of sp³-hybridized carbons (Fsp3) is 0.214. The number of amides is 1. The smallest absolute Gasteiger partial charge is 0.255 e. The average Bonchev–Trinajstić information content (AvgIpc) is 2.82. The maximum absolute atomic E-state index is 12.1. The van der Waals surface area contributed by atoms with Crippen LogP contribution in [0.25, 0.3) is 0 Å². The van der Waals surface area contributed by atoms with Crippen LogP contribution < -0.4 is 10.1 Å². The highest BCUT2D eigenvalue weighted by atomic mass is 79.9. The molecule has 0 unspecified atom stereocenters. The Bertz CT molecular complexity index is 568. The number of halogens is 1. The second kappa shape index (κ2) is 6.73. The van der Waals surface area contributed by atoms with E-state index in [0.29, 0.717) is 24.5 Å². The Morgan fingerprint density at radius 1 is 1.37 bits per heavy atom. The first-order valence-electron chi connectivity index (χ1n) is 5.94. The van der Waals surface area contributed by atoms with Crippen molar-refractivity contribution in [3.8, 4) is 5.75 Å². The first-order chi connectivity index (χ1) is 9.22. The molecule has 1 heterocycles. The van der Waals surface area contributed by atoms with Gasteiger partial charge in [-0.3, -0.25) is 4.79 Å². The average molecular weight is 340 g/mol. The van der Waals surface area contributed by atoms with Crippen LogP contribution in [0.5, 0.6) is 5.75 Å².